The van der Waals surface area contributed by atoms with E-state index in [0.29, 0.717) is 5.69 Å². The summed E-state index contributed by atoms with van der Waals surface area (Å²) in [6, 6.07) is 23.1. The standard InChI is InChI=1S/2C11H11N2O.C7H5N4.Ir/c2*1-12-6-7-13(9-12)10-4-3-5-11(8-10)14-2;1-2-4-8-6(3-1)7-5-9-11-10-7;/h2*3,5-8H,1-2H3;1-5H;/q3*-1;. The van der Waals surface area contributed by atoms with Gasteiger partial charge in [0.1, 0.15) is 0 Å². The molecule has 0 fully saturated rings. The molecule has 6 aromatic rings. The number of benzene rings is 2. The van der Waals surface area contributed by atoms with Gasteiger partial charge in [-0.2, -0.15) is 24.3 Å². The topological polar surface area (TPSA) is 88.9 Å². The van der Waals surface area contributed by atoms with E-state index >= 15 is 0 Å². The number of methoxy groups -OCH3 is 2. The molecule has 0 aliphatic rings. The van der Waals surface area contributed by atoms with Gasteiger partial charge in [-0.15, -0.1) is 24.3 Å². The molecule has 0 N–H and O–H groups in total. The van der Waals surface area contributed by atoms with Crippen molar-refractivity contribution in [1.29, 1.82) is 0 Å². The third-order valence-corrected chi connectivity index (χ3v) is 5.23. The van der Waals surface area contributed by atoms with Crippen molar-refractivity contribution in [2.75, 3.05) is 14.2 Å². The first-order valence-electron chi connectivity index (χ1n) is 11.8. The van der Waals surface area contributed by atoms with Crippen LogP contribution in [0.15, 0.2) is 91.8 Å². The molecule has 11 heteroatoms. The molecular formula is C29H27IrN8O2-3. The van der Waals surface area contributed by atoms with Crippen LogP contribution in [-0.2, 0) is 34.2 Å². The largest absolute Gasteiger partial charge is 0.523 e. The fraction of sp³-hybridized carbons (Fsp3) is 0.138. The van der Waals surface area contributed by atoms with Crippen molar-refractivity contribution in [1.82, 2.24) is 29.5 Å². The third-order valence-electron chi connectivity index (χ3n) is 5.23. The van der Waals surface area contributed by atoms with Gasteiger partial charge in [-0.3, -0.25) is 10.2 Å². The zero-order valence-corrected chi connectivity index (χ0v) is 24.8. The summed E-state index contributed by atoms with van der Waals surface area (Å²) in [4.78, 5) is 4.08. The summed E-state index contributed by atoms with van der Waals surface area (Å²) in [7, 11) is 7.16. The Hall–Kier alpha value is -4.60. The number of ether oxygens (including phenoxy) is 2. The van der Waals surface area contributed by atoms with Crippen LogP contribution < -0.4 is 23.7 Å². The number of hydrogen-bond acceptors (Lipinski definition) is 5. The van der Waals surface area contributed by atoms with Gasteiger partial charge in [-0.1, -0.05) is 23.6 Å². The molecule has 207 valence electrons. The zero-order chi connectivity index (χ0) is 27.5. The number of aromatic nitrogens is 8. The predicted octanol–water partition coefficient (Wildman–Crippen LogP) is 2.31. The van der Waals surface area contributed by atoms with Crippen molar-refractivity contribution < 1.29 is 38.7 Å². The second-order valence-electron chi connectivity index (χ2n) is 8.02. The Bertz CT molecular complexity index is 1480. The fourth-order valence-corrected chi connectivity index (χ4v) is 3.29. The van der Waals surface area contributed by atoms with Crippen molar-refractivity contribution >= 4 is 0 Å². The second-order valence-corrected chi connectivity index (χ2v) is 8.02. The minimum Gasteiger partial charge on any atom is -0.523 e. The van der Waals surface area contributed by atoms with E-state index in [4.69, 9.17) is 9.47 Å². The molecule has 0 saturated heterocycles. The van der Waals surface area contributed by atoms with Crippen molar-refractivity contribution in [2.24, 2.45) is 14.1 Å². The number of hydrogen-bond donors (Lipinski definition) is 0. The molecule has 10 nitrogen and oxygen atoms in total. The molecule has 0 unspecified atom stereocenters. The van der Waals surface area contributed by atoms with E-state index in [-0.39, 0.29) is 20.1 Å². The van der Waals surface area contributed by atoms with Crippen LogP contribution in [0.25, 0.3) is 22.8 Å². The third kappa shape index (κ3) is 8.45. The van der Waals surface area contributed by atoms with Gasteiger partial charge in [-0.05, 0) is 17.8 Å². The van der Waals surface area contributed by atoms with E-state index in [9.17, 15) is 0 Å². The summed E-state index contributed by atoms with van der Waals surface area (Å²) in [5, 5.41) is 10.8. The van der Waals surface area contributed by atoms with Crippen LogP contribution in [0, 0.1) is 24.8 Å². The maximum absolute atomic E-state index is 5.13. The van der Waals surface area contributed by atoms with Gasteiger partial charge in [-0.25, -0.2) is 0 Å². The summed E-state index contributed by atoms with van der Waals surface area (Å²) in [5.74, 6) is 1.65. The van der Waals surface area contributed by atoms with E-state index in [1.807, 2.05) is 112 Å². The molecule has 40 heavy (non-hydrogen) atoms. The number of imidazole rings is 2. The van der Waals surface area contributed by atoms with Gasteiger partial charge >= 0.3 is 0 Å². The summed E-state index contributed by atoms with van der Waals surface area (Å²) in [6.45, 7) is 0. The van der Waals surface area contributed by atoms with Gasteiger partial charge < -0.3 is 37.9 Å². The van der Waals surface area contributed by atoms with E-state index in [1.54, 1.807) is 26.6 Å². The van der Waals surface area contributed by atoms with Gasteiger partial charge in [0, 0.05) is 62.6 Å². The van der Waals surface area contributed by atoms with Crippen LogP contribution in [0.1, 0.15) is 0 Å². The van der Waals surface area contributed by atoms with Gasteiger partial charge in [0.2, 0.25) is 12.7 Å². The first kappa shape index (κ1) is 29.9. The Morgan fingerprint density at radius 2 is 1.40 bits per heavy atom. The number of nitrogens with zero attached hydrogens (tertiary/aromatic N) is 8. The Morgan fingerprint density at radius 3 is 1.80 bits per heavy atom. The first-order valence-corrected chi connectivity index (χ1v) is 11.8. The Kier molecular flexibility index (Phi) is 11.3. The van der Waals surface area contributed by atoms with E-state index < -0.39 is 0 Å². The first-order chi connectivity index (χ1) is 19.1. The molecule has 6 rings (SSSR count). The van der Waals surface area contributed by atoms with Crippen molar-refractivity contribution in [2.45, 2.75) is 0 Å². The molecule has 0 aliphatic carbocycles. The molecule has 0 amide bonds. The van der Waals surface area contributed by atoms with E-state index in [0.717, 1.165) is 28.6 Å². The molecule has 0 atom stereocenters. The van der Waals surface area contributed by atoms with Crippen LogP contribution in [0.3, 0.4) is 0 Å². The normalized spacial score (nSPS) is 9.80. The zero-order valence-electron chi connectivity index (χ0n) is 22.4. The van der Waals surface area contributed by atoms with Crippen molar-refractivity contribution in [3.63, 3.8) is 0 Å². The maximum Gasteiger partial charge on any atom is 0.241 e. The minimum absolute atomic E-state index is 0. The van der Waals surface area contributed by atoms with E-state index in [1.165, 1.54) is 0 Å². The SMILES string of the molecule is COc1cc[c-]c(-n2[c-][n+](C)cc2)c1.COc1cc[c-]c(-n2[c-][n+](C)cc2)c1.[Ir].c1ccc(-c2cnn[n-]2)nc1. The van der Waals surface area contributed by atoms with Gasteiger partial charge in [0.05, 0.1) is 34.0 Å². The number of pyridine rings is 1. The predicted molar refractivity (Wildman–Crippen MR) is 141 cm³/mol. The van der Waals surface area contributed by atoms with Crippen LogP contribution in [0.2, 0.25) is 0 Å². The molecule has 4 heterocycles. The summed E-state index contributed by atoms with van der Waals surface area (Å²) in [5.41, 5.74) is 3.36. The van der Waals surface area contributed by atoms with Crippen LogP contribution >= 0.6 is 0 Å². The Morgan fingerprint density at radius 1 is 0.825 bits per heavy atom. The van der Waals surface area contributed by atoms with Crippen molar-refractivity contribution in [3.8, 4) is 34.3 Å². The Balaban J connectivity index is 0.000000165. The van der Waals surface area contributed by atoms with E-state index in [2.05, 4.69) is 45.2 Å². The molecule has 2 aromatic carbocycles. The molecule has 0 bridgehead atoms. The number of aryl methyl sites for hydroxylation is 2. The molecule has 0 aliphatic heterocycles. The smallest absolute Gasteiger partial charge is 0.241 e. The monoisotopic (exact) mass is 712 g/mol. The summed E-state index contributed by atoms with van der Waals surface area (Å²) in [6.07, 6.45) is 17.2. The molecule has 4 aromatic heterocycles. The van der Waals surface area contributed by atoms with Gasteiger partial charge in [0.25, 0.3) is 0 Å². The fourth-order valence-electron chi connectivity index (χ4n) is 3.29. The average Bonchev–Trinajstić information content (AvgIpc) is 3.77. The second kappa shape index (κ2) is 15.1. The summed E-state index contributed by atoms with van der Waals surface area (Å²) >= 11 is 0. The minimum atomic E-state index is 0. The average molecular weight is 712 g/mol. The Labute approximate surface area is 246 Å². The maximum atomic E-state index is 5.13. The van der Waals surface area contributed by atoms with Crippen molar-refractivity contribution in [3.05, 3.63) is 117 Å². The molecule has 0 saturated carbocycles. The quantitative estimate of drug-likeness (QED) is 0.202. The number of rotatable bonds is 5. The molecular weight excluding hydrogens is 685 g/mol. The van der Waals surface area contributed by atoms with Crippen LogP contribution in [0.4, 0.5) is 0 Å². The van der Waals surface area contributed by atoms with Crippen LogP contribution in [0.5, 0.6) is 11.5 Å². The summed E-state index contributed by atoms with van der Waals surface area (Å²) < 4.78 is 17.7. The van der Waals surface area contributed by atoms with Crippen LogP contribution in [-0.4, -0.2) is 38.6 Å². The molecule has 1 radical (unpaired) electrons. The molecule has 0 spiro atoms. The van der Waals surface area contributed by atoms with Gasteiger partial charge in [0.15, 0.2) is 0 Å².